The second-order valence-electron chi connectivity index (χ2n) is 5.04. The highest BCUT2D eigenvalue weighted by Gasteiger charge is 2.25. The molecule has 1 aromatic rings. The molecule has 0 bridgehead atoms. The molecule has 7 heteroatoms. The van der Waals surface area contributed by atoms with Gasteiger partial charge in [-0.1, -0.05) is 24.4 Å². The molecule has 112 valence electrons. The first kappa shape index (κ1) is 16.2. The van der Waals surface area contributed by atoms with Crippen LogP contribution >= 0.6 is 27.5 Å². The number of sulfonamides is 1. The third kappa shape index (κ3) is 3.95. The molecule has 0 amide bonds. The van der Waals surface area contributed by atoms with Gasteiger partial charge in [-0.2, -0.15) is 0 Å². The summed E-state index contributed by atoms with van der Waals surface area (Å²) in [6.45, 7) is 0.268. The van der Waals surface area contributed by atoms with Crippen molar-refractivity contribution in [1.82, 2.24) is 4.72 Å². The Kier molecular flexibility index (Phi) is 5.48. The second kappa shape index (κ2) is 6.75. The molecule has 0 aliphatic heterocycles. The van der Waals surface area contributed by atoms with Crippen molar-refractivity contribution >= 4 is 37.6 Å². The Bertz CT molecular complexity index is 579. The maximum atomic E-state index is 12.2. The molecular weight excluding hydrogens is 366 g/mol. The van der Waals surface area contributed by atoms with Gasteiger partial charge >= 0.3 is 0 Å². The molecule has 2 N–H and O–H groups in total. The van der Waals surface area contributed by atoms with E-state index in [0.717, 1.165) is 25.7 Å². The first-order valence-corrected chi connectivity index (χ1v) is 9.18. The summed E-state index contributed by atoms with van der Waals surface area (Å²) in [6, 6.07) is 4.48. The minimum atomic E-state index is -3.57. The fraction of sp³-hybridized carbons (Fsp3) is 0.538. The lowest BCUT2D eigenvalue weighted by Crippen LogP contribution is -2.36. The van der Waals surface area contributed by atoms with E-state index < -0.39 is 16.1 Å². The number of aliphatic hydroxyl groups is 1. The number of rotatable bonds is 4. The van der Waals surface area contributed by atoms with Crippen LogP contribution < -0.4 is 4.72 Å². The van der Waals surface area contributed by atoms with Gasteiger partial charge in [0.2, 0.25) is 10.0 Å². The SMILES string of the molecule is O=S(=O)(NCC1CCCCC1O)c1ccc(Cl)c(Br)c1. The summed E-state index contributed by atoms with van der Waals surface area (Å²) in [5.74, 6) is -0.00531. The lowest BCUT2D eigenvalue weighted by atomic mass is 9.87. The van der Waals surface area contributed by atoms with Crippen molar-refractivity contribution in [2.45, 2.75) is 36.7 Å². The largest absolute Gasteiger partial charge is 0.393 e. The highest BCUT2D eigenvalue weighted by molar-refractivity contribution is 9.10. The molecule has 0 radical (unpaired) electrons. The summed E-state index contributed by atoms with van der Waals surface area (Å²) in [5.41, 5.74) is 0. The highest BCUT2D eigenvalue weighted by Crippen LogP contribution is 2.26. The maximum Gasteiger partial charge on any atom is 0.240 e. The van der Waals surface area contributed by atoms with Crippen molar-refractivity contribution in [2.75, 3.05) is 6.54 Å². The summed E-state index contributed by atoms with van der Waals surface area (Å²) >= 11 is 9.07. The number of aliphatic hydroxyl groups excluding tert-OH is 1. The molecule has 0 heterocycles. The normalized spacial score (nSPS) is 23.8. The molecule has 0 spiro atoms. The number of benzene rings is 1. The van der Waals surface area contributed by atoms with Crippen molar-refractivity contribution in [3.63, 3.8) is 0 Å². The lowest BCUT2D eigenvalue weighted by Gasteiger charge is -2.27. The Morgan fingerprint density at radius 1 is 1.35 bits per heavy atom. The van der Waals surface area contributed by atoms with Crippen molar-refractivity contribution < 1.29 is 13.5 Å². The van der Waals surface area contributed by atoms with Crippen molar-refractivity contribution in [3.05, 3.63) is 27.7 Å². The first-order chi connectivity index (χ1) is 9.40. The molecule has 4 nitrogen and oxygen atoms in total. The Morgan fingerprint density at radius 3 is 2.70 bits per heavy atom. The Labute approximate surface area is 132 Å². The summed E-state index contributed by atoms with van der Waals surface area (Å²) in [7, 11) is -3.57. The van der Waals surface area contributed by atoms with E-state index in [1.807, 2.05) is 0 Å². The summed E-state index contributed by atoms with van der Waals surface area (Å²) < 4.78 is 27.5. The van der Waals surface area contributed by atoms with E-state index in [4.69, 9.17) is 11.6 Å². The number of hydrogen-bond acceptors (Lipinski definition) is 3. The Hall–Kier alpha value is -0.140. The van der Waals surface area contributed by atoms with Crippen LogP contribution in [0.2, 0.25) is 5.02 Å². The minimum Gasteiger partial charge on any atom is -0.393 e. The Morgan fingerprint density at radius 2 is 2.05 bits per heavy atom. The van der Waals surface area contributed by atoms with Gasteiger partial charge in [0.15, 0.2) is 0 Å². The van der Waals surface area contributed by atoms with Gasteiger partial charge in [0.05, 0.1) is 16.0 Å². The molecule has 1 aliphatic carbocycles. The third-order valence-electron chi connectivity index (χ3n) is 3.61. The van der Waals surface area contributed by atoms with Crippen LogP contribution in [0.4, 0.5) is 0 Å². The van der Waals surface area contributed by atoms with Crippen LogP contribution in [-0.4, -0.2) is 26.2 Å². The minimum absolute atomic E-state index is 0.00531. The summed E-state index contributed by atoms with van der Waals surface area (Å²) in [5, 5.41) is 10.3. The van der Waals surface area contributed by atoms with Crippen LogP contribution in [0.1, 0.15) is 25.7 Å². The average Bonchev–Trinajstić information content (AvgIpc) is 2.41. The van der Waals surface area contributed by atoms with E-state index in [-0.39, 0.29) is 17.4 Å². The molecule has 0 aromatic heterocycles. The molecule has 1 saturated carbocycles. The number of halogens is 2. The maximum absolute atomic E-state index is 12.2. The van der Waals surface area contributed by atoms with E-state index in [0.29, 0.717) is 9.50 Å². The molecule has 1 aromatic carbocycles. The summed E-state index contributed by atoms with van der Waals surface area (Å²) in [4.78, 5) is 0.166. The van der Waals surface area contributed by atoms with Gasteiger partial charge in [-0.3, -0.25) is 0 Å². The van der Waals surface area contributed by atoms with E-state index in [1.54, 1.807) is 0 Å². The molecular formula is C13H17BrClNO3S. The lowest BCUT2D eigenvalue weighted by molar-refractivity contribution is 0.0724. The number of hydrogen-bond donors (Lipinski definition) is 2. The van der Waals surface area contributed by atoms with E-state index in [9.17, 15) is 13.5 Å². The summed E-state index contributed by atoms with van der Waals surface area (Å²) in [6.07, 6.45) is 3.24. The van der Waals surface area contributed by atoms with Crippen LogP contribution in [0.3, 0.4) is 0 Å². The van der Waals surface area contributed by atoms with Gasteiger partial charge in [0.1, 0.15) is 0 Å². The van der Waals surface area contributed by atoms with Gasteiger partial charge in [-0.25, -0.2) is 13.1 Å². The predicted molar refractivity (Wildman–Crippen MR) is 82.3 cm³/mol. The topological polar surface area (TPSA) is 66.4 Å². The van der Waals surface area contributed by atoms with Crippen LogP contribution in [-0.2, 0) is 10.0 Å². The predicted octanol–water partition coefficient (Wildman–Crippen LogP) is 2.93. The molecule has 2 unspecified atom stereocenters. The standard InChI is InChI=1S/C13H17BrClNO3S/c14-11-7-10(5-6-12(11)15)20(18,19)16-8-9-3-1-2-4-13(9)17/h5-7,9,13,16-17H,1-4,8H2. The van der Waals surface area contributed by atoms with Gasteiger partial charge < -0.3 is 5.11 Å². The van der Waals surface area contributed by atoms with Crippen LogP contribution in [0, 0.1) is 5.92 Å². The molecule has 1 aliphatic rings. The first-order valence-electron chi connectivity index (χ1n) is 6.53. The van der Waals surface area contributed by atoms with Gasteiger partial charge in [-0.05, 0) is 52.9 Å². The average molecular weight is 383 g/mol. The van der Waals surface area contributed by atoms with Crippen molar-refractivity contribution in [1.29, 1.82) is 0 Å². The van der Waals surface area contributed by atoms with Gasteiger partial charge in [-0.15, -0.1) is 0 Å². The van der Waals surface area contributed by atoms with Crippen LogP contribution in [0.25, 0.3) is 0 Å². The van der Waals surface area contributed by atoms with E-state index in [2.05, 4.69) is 20.7 Å². The fourth-order valence-corrected chi connectivity index (χ4v) is 4.14. The monoisotopic (exact) mass is 381 g/mol. The molecule has 20 heavy (non-hydrogen) atoms. The Balaban J connectivity index is 2.05. The van der Waals surface area contributed by atoms with E-state index >= 15 is 0 Å². The zero-order valence-electron chi connectivity index (χ0n) is 10.9. The zero-order valence-corrected chi connectivity index (χ0v) is 14.0. The van der Waals surface area contributed by atoms with Gasteiger partial charge in [0.25, 0.3) is 0 Å². The van der Waals surface area contributed by atoms with Crippen LogP contribution in [0.5, 0.6) is 0 Å². The van der Waals surface area contributed by atoms with Crippen LogP contribution in [0.15, 0.2) is 27.6 Å². The molecule has 1 fully saturated rings. The van der Waals surface area contributed by atoms with Crippen molar-refractivity contribution in [2.24, 2.45) is 5.92 Å². The second-order valence-corrected chi connectivity index (χ2v) is 8.07. The molecule has 2 rings (SSSR count). The third-order valence-corrected chi connectivity index (χ3v) is 6.24. The smallest absolute Gasteiger partial charge is 0.240 e. The quantitative estimate of drug-likeness (QED) is 0.841. The zero-order chi connectivity index (χ0) is 14.8. The van der Waals surface area contributed by atoms with E-state index in [1.165, 1.54) is 18.2 Å². The fourth-order valence-electron chi connectivity index (χ4n) is 2.37. The van der Waals surface area contributed by atoms with Crippen molar-refractivity contribution in [3.8, 4) is 0 Å². The molecule has 0 saturated heterocycles. The number of nitrogens with one attached hydrogen (secondary N) is 1. The molecule has 2 atom stereocenters. The van der Waals surface area contributed by atoms with Gasteiger partial charge in [0, 0.05) is 11.0 Å². The highest BCUT2D eigenvalue weighted by atomic mass is 79.9.